The first-order chi connectivity index (χ1) is 6.24. The third kappa shape index (κ3) is 1.50. The standard InChI is InChI=1S/C11H17NO/c1-3-7(2)11(13)12-10-8-5-4-6-9(8)10/h3,8-10H,4-6H2,1-2H3,(H,12,13)/b7-3-. The number of fused-ring (bicyclic) bond motifs is 1. The van der Waals surface area contributed by atoms with Crippen molar-refractivity contribution in [3.8, 4) is 0 Å². The van der Waals surface area contributed by atoms with Gasteiger partial charge in [0.15, 0.2) is 0 Å². The zero-order valence-corrected chi connectivity index (χ0v) is 8.34. The molecule has 0 aromatic heterocycles. The molecule has 2 unspecified atom stereocenters. The Morgan fingerprint density at radius 3 is 2.54 bits per heavy atom. The lowest BCUT2D eigenvalue weighted by molar-refractivity contribution is -0.117. The monoisotopic (exact) mass is 179 g/mol. The van der Waals surface area contributed by atoms with E-state index < -0.39 is 0 Å². The van der Waals surface area contributed by atoms with Crippen molar-refractivity contribution in [2.45, 2.75) is 39.2 Å². The predicted octanol–water partition coefficient (Wildman–Crippen LogP) is 1.87. The lowest BCUT2D eigenvalue weighted by Crippen LogP contribution is -2.29. The minimum Gasteiger partial charge on any atom is -0.349 e. The van der Waals surface area contributed by atoms with Gasteiger partial charge in [0, 0.05) is 11.6 Å². The number of carbonyl (C=O) groups excluding carboxylic acids is 1. The van der Waals surface area contributed by atoms with Crippen LogP contribution in [0.2, 0.25) is 0 Å². The molecule has 0 heterocycles. The van der Waals surface area contributed by atoms with Crippen LogP contribution in [0, 0.1) is 11.8 Å². The van der Waals surface area contributed by atoms with E-state index in [-0.39, 0.29) is 5.91 Å². The number of hydrogen-bond acceptors (Lipinski definition) is 1. The number of allylic oxidation sites excluding steroid dienone is 1. The van der Waals surface area contributed by atoms with Crippen LogP contribution in [-0.4, -0.2) is 11.9 Å². The van der Waals surface area contributed by atoms with Gasteiger partial charge in [-0.2, -0.15) is 0 Å². The van der Waals surface area contributed by atoms with E-state index in [0.717, 1.165) is 17.4 Å². The molecule has 13 heavy (non-hydrogen) atoms. The van der Waals surface area contributed by atoms with Crippen molar-refractivity contribution in [3.05, 3.63) is 11.6 Å². The van der Waals surface area contributed by atoms with Crippen molar-refractivity contribution in [2.24, 2.45) is 11.8 Å². The lowest BCUT2D eigenvalue weighted by Gasteiger charge is -2.06. The number of amides is 1. The van der Waals surface area contributed by atoms with Gasteiger partial charge in [0.25, 0.3) is 0 Å². The zero-order chi connectivity index (χ0) is 9.42. The molecule has 2 atom stereocenters. The molecule has 0 bridgehead atoms. The molecule has 1 amide bonds. The van der Waals surface area contributed by atoms with Crippen LogP contribution in [-0.2, 0) is 4.79 Å². The average molecular weight is 179 g/mol. The Balaban J connectivity index is 1.84. The maximum Gasteiger partial charge on any atom is 0.246 e. The van der Waals surface area contributed by atoms with Gasteiger partial charge in [-0.3, -0.25) is 4.79 Å². The molecule has 2 rings (SSSR count). The van der Waals surface area contributed by atoms with E-state index in [1.807, 2.05) is 19.9 Å². The average Bonchev–Trinajstić information content (AvgIpc) is 2.63. The van der Waals surface area contributed by atoms with E-state index in [9.17, 15) is 4.79 Å². The molecule has 0 aromatic carbocycles. The van der Waals surface area contributed by atoms with Crippen LogP contribution in [0.25, 0.3) is 0 Å². The Labute approximate surface area is 79.4 Å². The molecular weight excluding hydrogens is 162 g/mol. The summed E-state index contributed by atoms with van der Waals surface area (Å²) in [6.07, 6.45) is 5.88. The summed E-state index contributed by atoms with van der Waals surface area (Å²) in [5.74, 6) is 1.75. The van der Waals surface area contributed by atoms with Gasteiger partial charge in [0.1, 0.15) is 0 Å². The fourth-order valence-electron chi connectivity index (χ4n) is 2.43. The van der Waals surface area contributed by atoms with Crippen LogP contribution in [0.3, 0.4) is 0 Å². The summed E-state index contributed by atoms with van der Waals surface area (Å²) in [6.45, 7) is 3.77. The molecule has 2 aliphatic carbocycles. The largest absolute Gasteiger partial charge is 0.349 e. The highest BCUT2D eigenvalue weighted by Crippen LogP contribution is 2.51. The maximum atomic E-state index is 11.5. The lowest BCUT2D eigenvalue weighted by atomic mass is 10.2. The highest BCUT2D eigenvalue weighted by Gasteiger charge is 2.53. The van der Waals surface area contributed by atoms with Gasteiger partial charge >= 0.3 is 0 Å². The van der Waals surface area contributed by atoms with Crippen molar-refractivity contribution in [1.29, 1.82) is 0 Å². The highest BCUT2D eigenvalue weighted by atomic mass is 16.1. The van der Waals surface area contributed by atoms with Crippen molar-refractivity contribution < 1.29 is 4.79 Å². The Morgan fingerprint density at radius 1 is 1.38 bits per heavy atom. The fourth-order valence-corrected chi connectivity index (χ4v) is 2.43. The molecule has 0 saturated heterocycles. The Bertz CT molecular complexity index is 247. The first kappa shape index (κ1) is 8.79. The Hall–Kier alpha value is -0.790. The van der Waals surface area contributed by atoms with E-state index in [2.05, 4.69) is 5.32 Å². The summed E-state index contributed by atoms with van der Waals surface area (Å²) in [6, 6.07) is 0.510. The van der Waals surface area contributed by atoms with Crippen LogP contribution in [0.1, 0.15) is 33.1 Å². The van der Waals surface area contributed by atoms with Crippen molar-refractivity contribution in [1.82, 2.24) is 5.32 Å². The number of carbonyl (C=O) groups is 1. The number of rotatable bonds is 2. The molecule has 2 aliphatic rings. The van der Waals surface area contributed by atoms with Crippen LogP contribution < -0.4 is 5.32 Å². The molecular formula is C11H17NO. The molecule has 2 saturated carbocycles. The van der Waals surface area contributed by atoms with Crippen molar-refractivity contribution in [2.75, 3.05) is 0 Å². The topological polar surface area (TPSA) is 29.1 Å². The second kappa shape index (κ2) is 3.17. The SMILES string of the molecule is C/C=C(/C)C(=O)NC1C2CCCC21. The molecule has 0 radical (unpaired) electrons. The van der Waals surface area contributed by atoms with Gasteiger partial charge in [0.05, 0.1) is 0 Å². The molecule has 0 aromatic rings. The van der Waals surface area contributed by atoms with Gasteiger partial charge in [-0.1, -0.05) is 12.5 Å². The van der Waals surface area contributed by atoms with E-state index in [4.69, 9.17) is 0 Å². The maximum absolute atomic E-state index is 11.5. The second-order valence-electron chi connectivity index (χ2n) is 4.23. The van der Waals surface area contributed by atoms with Gasteiger partial charge in [-0.25, -0.2) is 0 Å². The third-order valence-electron chi connectivity index (χ3n) is 3.50. The van der Waals surface area contributed by atoms with E-state index in [0.29, 0.717) is 6.04 Å². The smallest absolute Gasteiger partial charge is 0.246 e. The van der Waals surface area contributed by atoms with Crippen molar-refractivity contribution >= 4 is 5.91 Å². The van der Waals surface area contributed by atoms with E-state index >= 15 is 0 Å². The van der Waals surface area contributed by atoms with Gasteiger partial charge < -0.3 is 5.32 Å². The summed E-state index contributed by atoms with van der Waals surface area (Å²) in [5.41, 5.74) is 0.838. The van der Waals surface area contributed by atoms with Crippen molar-refractivity contribution in [3.63, 3.8) is 0 Å². The summed E-state index contributed by atoms with van der Waals surface area (Å²) >= 11 is 0. The minimum atomic E-state index is 0.127. The fraction of sp³-hybridized carbons (Fsp3) is 0.727. The summed E-state index contributed by atoms with van der Waals surface area (Å²) in [4.78, 5) is 11.5. The molecule has 0 aliphatic heterocycles. The molecule has 72 valence electrons. The van der Waals surface area contributed by atoms with E-state index in [1.54, 1.807) is 0 Å². The first-order valence-electron chi connectivity index (χ1n) is 5.18. The normalized spacial score (nSPS) is 37.1. The predicted molar refractivity (Wildman–Crippen MR) is 52.2 cm³/mol. The van der Waals surface area contributed by atoms with E-state index in [1.165, 1.54) is 19.3 Å². The first-order valence-corrected chi connectivity index (χ1v) is 5.18. The Morgan fingerprint density at radius 2 is 2.00 bits per heavy atom. The zero-order valence-electron chi connectivity index (χ0n) is 8.34. The van der Waals surface area contributed by atoms with Gasteiger partial charge in [-0.15, -0.1) is 0 Å². The quantitative estimate of drug-likeness (QED) is 0.644. The second-order valence-corrected chi connectivity index (χ2v) is 4.23. The summed E-state index contributed by atoms with van der Waals surface area (Å²) < 4.78 is 0. The molecule has 2 heteroatoms. The van der Waals surface area contributed by atoms with Gasteiger partial charge in [-0.05, 0) is 38.5 Å². The highest BCUT2D eigenvalue weighted by molar-refractivity contribution is 5.93. The molecule has 2 nitrogen and oxygen atoms in total. The number of hydrogen-bond donors (Lipinski definition) is 1. The Kier molecular flexibility index (Phi) is 2.14. The van der Waals surface area contributed by atoms with Crippen LogP contribution in [0.15, 0.2) is 11.6 Å². The van der Waals surface area contributed by atoms with Crippen LogP contribution in [0.5, 0.6) is 0 Å². The van der Waals surface area contributed by atoms with Gasteiger partial charge in [0.2, 0.25) is 5.91 Å². The molecule has 1 N–H and O–H groups in total. The van der Waals surface area contributed by atoms with Crippen LogP contribution >= 0.6 is 0 Å². The summed E-state index contributed by atoms with van der Waals surface area (Å²) in [5, 5.41) is 3.10. The summed E-state index contributed by atoms with van der Waals surface area (Å²) in [7, 11) is 0. The molecule has 2 fully saturated rings. The third-order valence-corrected chi connectivity index (χ3v) is 3.50. The number of nitrogens with one attached hydrogen (secondary N) is 1. The molecule has 0 spiro atoms. The minimum absolute atomic E-state index is 0.127. The van der Waals surface area contributed by atoms with Crippen LogP contribution in [0.4, 0.5) is 0 Å².